The predicted octanol–water partition coefficient (Wildman–Crippen LogP) is 2.28. The molecule has 0 radical (unpaired) electrons. The summed E-state index contributed by atoms with van der Waals surface area (Å²) in [4.78, 5) is 32.1. The molecule has 5 nitrogen and oxygen atoms in total. The number of carbonyl (C=O) groups excluding carboxylic acids is 1. The number of aromatic nitrogens is 2. The van der Waals surface area contributed by atoms with Crippen LogP contribution in [0.25, 0.3) is 0 Å². The van der Waals surface area contributed by atoms with Gasteiger partial charge in [-0.05, 0) is 11.6 Å². The van der Waals surface area contributed by atoms with Crippen LogP contribution in [0.2, 0.25) is 0 Å². The number of fused-ring (bicyclic) bond motifs is 1. The van der Waals surface area contributed by atoms with E-state index in [1.807, 2.05) is 0 Å². The van der Waals surface area contributed by atoms with Crippen molar-refractivity contribution in [2.45, 2.75) is 32.5 Å². The fourth-order valence-electron chi connectivity index (χ4n) is 2.96. The van der Waals surface area contributed by atoms with Crippen LogP contribution in [0.5, 0.6) is 0 Å². The van der Waals surface area contributed by atoms with E-state index in [1.54, 1.807) is 0 Å². The molecule has 1 N–H and O–H groups in total. The van der Waals surface area contributed by atoms with E-state index < -0.39 is 17.3 Å². The molecule has 1 aliphatic heterocycles. The van der Waals surface area contributed by atoms with E-state index in [0.29, 0.717) is 24.2 Å². The average molecular weight is 351 g/mol. The van der Waals surface area contributed by atoms with Crippen molar-refractivity contribution in [2.24, 2.45) is 0 Å². The van der Waals surface area contributed by atoms with Gasteiger partial charge in [-0.3, -0.25) is 9.59 Å². The van der Waals surface area contributed by atoms with Crippen molar-refractivity contribution < 1.29 is 18.0 Å². The first-order valence-corrected chi connectivity index (χ1v) is 7.77. The minimum atomic E-state index is -4.47. The monoisotopic (exact) mass is 351 g/mol. The number of carbonyl (C=O) groups is 1. The average Bonchev–Trinajstić information content (AvgIpc) is 2.54. The fraction of sp³-hybridized carbons (Fsp3) is 0.353. The molecule has 0 saturated heterocycles. The molecule has 0 spiro atoms. The molecule has 1 aromatic carbocycles. The van der Waals surface area contributed by atoms with Crippen molar-refractivity contribution in [3.63, 3.8) is 0 Å². The van der Waals surface area contributed by atoms with Crippen LogP contribution in [0.1, 0.15) is 35.1 Å². The van der Waals surface area contributed by atoms with Crippen molar-refractivity contribution >= 4 is 5.91 Å². The molecule has 0 unspecified atom stereocenters. The molecule has 1 amide bonds. The highest BCUT2D eigenvalue weighted by Gasteiger charge is 2.33. The van der Waals surface area contributed by atoms with Crippen molar-refractivity contribution in [1.82, 2.24) is 14.9 Å². The molecule has 1 aromatic heterocycles. The molecular weight excluding hydrogens is 335 g/mol. The van der Waals surface area contributed by atoms with Gasteiger partial charge in [0.05, 0.1) is 23.4 Å². The van der Waals surface area contributed by atoms with E-state index in [4.69, 9.17) is 0 Å². The smallest absolute Gasteiger partial charge is 0.338 e. The minimum Gasteiger partial charge on any atom is -0.338 e. The molecule has 0 atom stereocenters. The van der Waals surface area contributed by atoms with E-state index in [0.717, 1.165) is 6.07 Å². The summed E-state index contributed by atoms with van der Waals surface area (Å²) < 4.78 is 39.3. The Morgan fingerprint density at radius 3 is 2.72 bits per heavy atom. The molecule has 0 bridgehead atoms. The molecule has 8 heteroatoms. The van der Waals surface area contributed by atoms with Crippen LogP contribution >= 0.6 is 0 Å². The first-order valence-electron chi connectivity index (χ1n) is 7.77. The van der Waals surface area contributed by atoms with E-state index in [1.165, 1.54) is 30.0 Å². The van der Waals surface area contributed by atoms with Crippen LogP contribution in [0.15, 0.2) is 29.1 Å². The fourth-order valence-corrected chi connectivity index (χ4v) is 2.96. The maximum atomic E-state index is 13.1. The summed E-state index contributed by atoms with van der Waals surface area (Å²) in [5.41, 5.74) is -0.150. The third-order valence-corrected chi connectivity index (χ3v) is 4.24. The van der Waals surface area contributed by atoms with E-state index >= 15 is 0 Å². The van der Waals surface area contributed by atoms with Gasteiger partial charge in [-0.1, -0.05) is 18.2 Å². The molecule has 2 heterocycles. The van der Waals surface area contributed by atoms with E-state index in [2.05, 4.69) is 9.97 Å². The number of hydrogen-bond donors (Lipinski definition) is 1. The summed E-state index contributed by atoms with van der Waals surface area (Å²) in [5, 5.41) is 0. The zero-order chi connectivity index (χ0) is 18.2. The van der Waals surface area contributed by atoms with Gasteiger partial charge in [-0.2, -0.15) is 13.2 Å². The number of nitrogens with zero attached hydrogens (tertiary/aromatic N) is 2. The quantitative estimate of drug-likeness (QED) is 0.903. The summed E-state index contributed by atoms with van der Waals surface area (Å²) in [6.45, 7) is 2.04. The molecule has 3 rings (SSSR count). The summed E-state index contributed by atoms with van der Waals surface area (Å²) in [7, 11) is 0. The number of halogens is 3. The second kappa shape index (κ2) is 6.34. The Morgan fingerprint density at radius 2 is 2.04 bits per heavy atom. The number of benzene rings is 1. The van der Waals surface area contributed by atoms with Crippen molar-refractivity contribution in [1.29, 1.82) is 0 Å². The molecule has 0 fully saturated rings. The van der Waals surface area contributed by atoms with Gasteiger partial charge in [0, 0.05) is 26.3 Å². The first-order chi connectivity index (χ1) is 11.8. The highest BCUT2D eigenvalue weighted by molar-refractivity contribution is 5.73. The number of alkyl halides is 3. The van der Waals surface area contributed by atoms with Gasteiger partial charge in [0.25, 0.3) is 5.56 Å². The first kappa shape index (κ1) is 17.2. The van der Waals surface area contributed by atoms with Crippen LogP contribution in [0.3, 0.4) is 0 Å². The number of aromatic amines is 1. The zero-order valence-electron chi connectivity index (χ0n) is 13.5. The van der Waals surface area contributed by atoms with Gasteiger partial charge in [-0.25, -0.2) is 4.98 Å². The summed E-state index contributed by atoms with van der Waals surface area (Å²) in [6.07, 6.45) is -4.17. The van der Waals surface area contributed by atoms with Crippen LogP contribution < -0.4 is 5.56 Å². The normalized spacial score (nSPS) is 14.3. The minimum absolute atomic E-state index is 0.0549. The lowest BCUT2D eigenvalue weighted by atomic mass is 10.0. The maximum Gasteiger partial charge on any atom is 0.416 e. The van der Waals surface area contributed by atoms with Gasteiger partial charge in [-0.15, -0.1) is 0 Å². The molecule has 0 aliphatic carbocycles. The number of amides is 1. The lowest BCUT2D eigenvalue weighted by molar-refractivity contribution is -0.138. The van der Waals surface area contributed by atoms with Crippen molar-refractivity contribution in [2.75, 3.05) is 6.54 Å². The number of rotatable bonds is 2. The van der Waals surface area contributed by atoms with Gasteiger partial charge in [0.15, 0.2) is 0 Å². The SMILES string of the molecule is CC(=O)N1CCc2nc(Cc3ccccc3C(F)(F)F)[nH]c(=O)c2C1. The Morgan fingerprint density at radius 1 is 1.32 bits per heavy atom. The van der Waals surface area contributed by atoms with Gasteiger partial charge in [0.2, 0.25) is 5.91 Å². The number of hydrogen-bond acceptors (Lipinski definition) is 3. The number of nitrogens with one attached hydrogen (secondary N) is 1. The number of H-pyrrole nitrogens is 1. The van der Waals surface area contributed by atoms with Crippen LogP contribution in [0.4, 0.5) is 13.2 Å². The van der Waals surface area contributed by atoms with E-state index in [-0.39, 0.29) is 30.3 Å². The highest BCUT2D eigenvalue weighted by atomic mass is 19.4. The second-order valence-corrected chi connectivity index (χ2v) is 5.96. The summed E-state index contributed by atoms with van der Waals surface area (Å²) in [5.74, 6) is 0.0601. The second-order valence-electron chi connectivity index (χ2n) is 5.96. The van der Waals surface area contributed by atoms with Gasteiger partial charge in [0.1, 0.15) is 5.82 Å². The van der Waals surface area contributed by atoms with Crippen LogP contribution in [-0.2, 0) is 30.4 Å². The third kappa shape index (κ3) is 3.57. The Bertz CT molecular complexity index is 874. The molecule has 1 aliphatic rings. The van der Waals surface area contributed by atoms with E-state index in [9.17, 15) is 22.8 Å². The topological polar surface area (TPSA) is 66.1 Å². The van der Waals surface area contributed by atoms with Crippen molar-refractivity contribution in [3.8, 4) is 0 Å². The largest absolute Gasteiger partial charge is 0.416 e. The molecule has 132 valence electrons. The standard InChI is InChI=1S/C17H16F3N3O2/c1-10(24)23-7-6-14-12(9-23)16(25)22-15(21-14)8-11-4-2-3-5-13(11)17(18,19)20/h2-5H,6-9H2,1H3,(H,21,22,25). The Hall–Kier alpha value is -2.64. The van der Waals surface area contributed by atoms with Crippen LogP contribution in [0, 0.1) is 0 Å². The Kier molecular flexibility index (Phi) is 4.36. The molecular formula is C17H16F3N3O2. The molecule has 0 saturated carbocycles. The van der Waals surface area contributed by atoms with Gasteiger partial charge >= 0.3 is 6.18 Å². The van der Waals surface area contributed by atoms with Crippen LogP contribution in [-0.4, -0.2) is 27.3 Å². The summed E-state index contributed by atoms with van der Waals surface area (Å²) >= 11 is 0. The summed E-state index contributed by atoms with van der Waals surface area (Å²) in [6, 6.07) is 5.23. The lowest BCUT2D eigenvalue weighted by Gasteiger charge is -2.26. The molecule has 2 aromatic rings. The lowest BCUT2D eigenvalue weighted by Crippen LogP contribution is -2.38. The zero-order valence-corrected chi connectivity index (χ0v) is 13.5. The molecule has 25 heavy (non-hydrogen) atoms. The Balaban J connectivity index is 1.93. The maximum absolute atomic E-state index is 13.1. The third-order valence-electron chi connectivity index (χ3n) is 4.24. The predicted molar refractivity (Wildman–Crippen MR) is 83.9 cm³/mol. The van der Waals surface area contributed by atoms with Gasteiger partial charge < -0.3 is 9.88 Å². The van der Waals surface area contributed by atoms with Crippen molar-refractivity contribution in [3.05, 3.63) is 62.8 Å². The Labute approximate surface area is 141 Å². The highest BCUT2D eigenvalue weighted by Crippen LogP contribution is 2.32.